The Kier molecular flexibility index (Phi) is 4.18. The third-order valence-electron chi connectivity index (χ3n) is 3.91. The van der Waals surface area contributed by atoms with Crippen LogP contribution >= 0.6 is 0 Å². The molecule has 1 saturated carbocycles. The van der Waals surface area contributed by atoms with Crippen LogP contribution in [0, 0.1) is 5.92 Å². The Hall–Kier alpha value is -0.870. The average molecular weight is 236 g/mol. The third-order valence-corrected chi connectivity index (χ3v) is 3.91. The van der Waals surface area contributed by atoms with Gasteiger partial charge in [-0.3, -0.25) is 16.0 Å². The van der Waals surface area contributed by atoms with Crippen molar-refractivity contribution in [2.75, 3.05) is 0 Å². The molecule has 1 aromatic rings. The van der Waals surface area contributed by atoms with Gasteiger partial charge in [-0.15, -0.1) is 0 Å². The molecule has 0 saturated heterocycles. The first-order valence-corrected chi connectivity index (χ1v) is 6.74. The van der Waals surface area contributed by atoms with Gasteiger partial charge in [0, 0.05) is 18.8 Å². The molecule has 1 fully saturated rings. The van der Waals surface area contributed by atoms with Gasteiger partial charge in [0.05, 0.1) is 11.7 Å². The number of hydrogen-bond acceptors (Lipinski definition) is 3. The van der Waals surface area contributed by atoms with Crippen molar-refractivity contribution >= 4 is 0 Å². The number of hydrogen-bond donors (Lipinski definition) is 2. The first-order valence-electron chi connectivity index (χ1n) is 6.74. The number of nitrogens with zero attached hydrogens (tertiary/aromatic N) is 2. The van der Waals surface area contributed by atoms with Crippen LogP contribution in [0.5, 0.6) is 0 Å². The van der Waals surface area contributed by atoms with E-state index in [2.05, 4.69) is 23.6 Å². The van der Waals surface area contributed by atoms with E-state index in [1.807, 2.05) is 11.7 Å². The van der Waals surface area contributed by atoms with E-state index in [-0.39, 0.29) is 6.04 Å². The second-order valence-electron chi connectivity index (χ2n) is 5.10. The molecule has 0 radical (unpaired) electrons. The predicted molar refractivity (Wildman–Crippen MR) is 69.2 cm³/mol. The van der Waals surface area contributed by atoms with E-state index in [1.165, 1.54) is 43.4 Å². The van der Waals surface area contributed by atoms with Crippen LogP contribution in [0.3, 0.4) is 0 Å². The van der Waals surface area contributed by atoms with Crippen LogP contribution in [-0.2, 0) is 13.5 Å². The maximum Gasteiger partial charge on any atom is 0.0670 e. The van der Waals surface area contributed by atoms with E-state index in [0.29, 0.717) is 5.92 Å². The third kappa shape index (κ3) is 2.69. The van der Waals surface area contributed by atoms with Gasteiger partial charge in [-0.05, 0) is 25.2 Å². The molecule has 0 bridgehead atoms. The maximum absolute atomic E-state index is 5.78. The van der Waals surface area contributed by atoms with Gasteiger partial charge in [-0.1, -0.05) is 26.2 Å². The van der Waals surface area contributed by atoms with E-state index < -0.39 is 0 Å². The van der Waals surface area contributed by atoms with Crippen LogP contribution in [0.15, 0.2) is 6.20 Å². The minimum atomic E-state index is 0.277. The van der Waals surface area contributed by atoms with E-state index in [1.54, 1.807) is 0 Å². The minimum absolute atomic E-state index is 0.277. The van der Waals surface area contributed by atoms with Crippen molar-refractivity contribution in [2.45, 2.75) is 51.5 Å². The quantitative estimate of drug-likeness (QED) is 0.621. The molecular formula is C13H24N4. The molecule has 2 rings (SSSR count). The molecule has 0 aromatic carbocycles. The molecule has 0 aliphatic heterocycles. The molecule has 1 atom stereocenters. The van der Waals surface area contributed by atoms with Gasteiger partial charge in [0.1, 0.15) is 0 Å². The van der Waals surface area contributed by atoms with Gasteiger partial charge in [0.25, 0.3) is 0 Å². The fourth-order valence-corrected chi connectivity index (χ4v) is 3.03. The lowest BCUT2D eigenvalue weighted by Gasteiger charge is -2.29. The summed E-state index contributed by atoms with van der Waals surface area (Å²) in [6, 6.07) is 0.277. The Labute approximate surface area is 104 Å². The fourth-order valence-electron chi connectivity index (χ4n) is 3.03. The second kappa shape index (κ2) is 5.65. The molecule has 1 aromatic heterocycles. The van der Waals surface area contributed by atoms with Crippen molar-refractivity contribution in [3.05, 3.63) is 17.5 Å². The van der Waals surface area contributed by atoms with Crippen LogP contribution < -0.4 is 11.3 Å². The Morgan fingerprint density at radius 2 is 2.18 bits per heavy atom. The highest BCUT2D eigenvalue weighted by Crippen LogP contribution is 2.35. The summed E-state index contributed by atoms with van der Waals surface area (Å²) < 4.78 is 1.90. The van der Waals surface area contributed by atoms with Gasteiger partial charge >= 0.3 is 0 Å². The molecular weight excluding hydrogens is 212 g/mol. The zero-order valence-electron chi connectivity index (χ0n) is 10.9. The summed E-state index contributed by atoms with van der Waals surface area (Å²) in [7, 11) is 1.98. The van der Waals surface area contributed by atoms with Gasteiger partial charge in [0.2, 0.25) is 0 Å². The van der Waals surface area contributed by atoms with Gasteiger partial charge in [-0.2, -0.15) is 5.10 Å². The molecule has 1 heterocycles. The lowest BCUT2D eigenvalue weighted by Crippen LogP contribution is -2.34. The van der Waals surface area contributed by atoms with Crippen molar-refractivity contribution in [3.8, 4) is 0 Å². The SMILES string of the molecule is CCc1nn(C)cc1C(NN)C1CCCCC1. The molecule has 96 valence electrons. The van der Waals surface area contributed by atoms with Crippen LogP contribution in [0.4, 0.5) is 0 Å². The zero-order valence-corrected chi connectivity index (χ0v) is 10.9. The highest BCUT2D eigenvalue weighted by atomic mass is 15.3. The number of rotatable bonds is 4. The number of nitrogens with one attached hydrogen (secondary N) is 1. The van der Waals surface area contributed by atoms with E-state index >= 15 is 0 Å². The first-order chi connectivity index (χ1) is 8.26. The molecule has 0 spiro atoms. The van der Waals surface area contributed by atoms with Crippen molar-refractivity contribution in [1.82, 2.24) is 15.2 Å². The van der Waals surface area contributed by atoms with Crippen LogP contribution in [0.2, 0.25) is 0 Å². The summed E-state index contributed by atoms with van der Waals surface area (Å²) in [5, 5.41) is 4.51. The largest absolute Gasteiger partial charge is 0.275 e. The fraction of sp³-hybridized carbons (Fsp3) is 0.769. The summed E-state index contributed by atoms with van der Waals surface area (Å²) in [4.78, 5) is 0. The molecule has 3 N–H and O–H groups in total. The van der Waals surface area contributed by atoms with Gasteiger partial charge in [-0.25, -0.2) is 0 Å². The molecule has 4 heteroatoms. The summed E-state index contributed by atoms with van der Waals surface area (Å²) in [5.74, 6) is 6.45. The smallest absolute Gasteiger partial charge is 0.0670 e. The van der Waals surface area contributed by atoms with E-state index in [4.69, 9.17) is 5.84 Å². The number of hydrazine groups is 1. The van der Waals surface area contributed by atoms with Crippen molar-refractivity contribution in [2.24, 2.45) is 18.8 Å². The molecule has 4 nitrogen and oxygen atoms in total. The van der Waals surface area contributed by atoms with Crippen LogP contribution in [-0.4, -0.2) is 9.78 Å². The number of aromatic nitrogens is 2. The number of aryl methyl sites for hydroxylation is 2. The van der Waals surface area contributed by atoms with Crippen LogP contribution in [0.1, 0.15) is 56.3 Å². The summed E-state index contributed by atoms with van der Waals surface area (Å²) in [5.41, 5.74) is 5.50. The Balaban J connectivity index is 2.20. The first kappa shape index (κ1) is 12.6. The van der Waals surface area contributed by atoms with Crippen LogP contribution in [0.25, 0.3) is 0 Å². The molecule has 1 aliphatic rings. The minimum Gasteiger partial charge on any atom is -0.275 e. The Morgan fingerprint density at radius 1 is 1.47 bits per heavy atom. The Bertz CT molecular complexity index is 352. The standard InChI is InChI=1S/C13H24N4/c1-3-12-11(9-17(2)16-12)13(15-14)10-7-5-4-6-8-10/h9-10,13,15H,3-8,14H2,1-2H3. The highest BCUT2D eigenvalue weighted by molar-refractivity contribution is 5.22. The average Bonchev–Trinajstić information content (AvgIpc) is 2.73. The predicted octanol–water partition coefficient (Wildman–Crippen LogP) is 2.07. The normalized spacial score (nSPS) is 19.5. The Morgan fingerprint density at radius 3 is 2.76 bits per heavy atom. The highest BCUT2D eigenvalue weighted by Gasteiger charge is 2.27. The molecule has 0 amide bonds. The summed E-state index contributed by atoms with van der Waals surface area (Å²) >= 11 is 0. The summed E-state index contributed by atoms with van der Waals surface area (Å²) in [6.07, 6.45) is 9.72. The van der Waals surface area contributed by atoms with Gasteiger partial charge in [0.15, 0.2) is 0 Å². The van der Waals surface area contributed by atoms with E-state index in [9.17, 15) is 0 Å². The van der Waals surface area contributed by atoms with E-state index in [0.717, 1.165) is 6.42 Å². The lowest BCUT2D eigenvalue weighted by atomic mass is 9.81. The monoisotopic (exact) mass is 236 g/mol. The van der Waals surface area contributed by atoms with Crippen molar-refractivity contribution < 1.29 is 0 Å². The number of nitrogens with two attached hydrogens (primary N) is 1. The molecule has 17 heavy (non-hydrogen) atoms. The van der Waals surface area contributed by atoms with Crippen molar-refractivity contribution in [3.63, 3.8) is 0 Å². The maximum atomic E-state index is 5.78. The zero-order chi connectivity index (χ0) is 12.3. The lowest BCUT2D eigenvalue weighted by molar-refractivity contribution is 0.272. The second-order valence-corrected chi connectivity index (χ2v) is 5.10. The molecule has 1 unspecified atom stereocenters. The molecule has 1 aliphatic carbocycles. The van der Waals surface area contributed by atoms with Crippen molar-refractivity contribution in [1.29, 1.82) is 0 Å². The topological polar surface area (TPSA) is 55.9 Å². The summed E-state index contributed by atoms with van der Waals surface area (Å²) in [6.45, 7) is 2.15. The van der Waals surface area contributed by atoms with Gasteiger partial charge < -0.3 is 0 Å².